The van der Waals surface area contributed by atoms with Gasteiger partial charge in [0.15, 0.2) is 20.4 Å². The highest BCUT2D eigenvalue weighted by Crippen LogP contribution is 2.22. The predicted molar refractivity (Wildman–Crippen MR) is 101 cm³/mol. The van der Waals surface area contributed by atoms with Gasteiger partial charge in [0.05, 0.1) is 0 Å². The predicted octanol–water partition coefficient (Wildman–Crippen LogP) is 5.03. The molecule has 0 aliphatic heterocycles. The van der Waals surface area contributed by atoms with Crippen LogP contribution in [0.5, 0.6) is 11.5 Å². The van der Waals surface area contributed by atoms with E-state index in [9.17, 15) is 0 Å². The minimum atomic E-state index is 0.105. The highest BCUT2D eigenvalue weighted by atomic mass is 16.8. The molecule has 0 heterocycles. The molecule has 0 spiro atoms. The van der Waals surface area contributed by atoms with Gasteiger partial charge in [-0.25, -0.2) is 0 Å². The summed E-state index contributed by atoms with van der Waals surface area (Å²) in [7, 11) is 0. The second-order valence-corrected chi connectivity index (χ2v) is 5.75. The molecule has 0 atom stereocenters. The maximum absolute atomic E-state index is 5.53. The molecule has 0 unspecified atom stereocenters. The smallest absolute Gasteiger partial charge is 0.191 e. The Morgan fingerprint density at radius 1 is 0.538 bits per heavy atom. The molecule has 3 rings (SSSR count). The van der Waals surface area contributed by atoms with Crippen LogP contribution in [0.1, 0.15) is 5.56 Å². The topological polar surface area (TPSA) is 36.9 Å². The number of hydrogen-bond donors (Lipinski definition) is 0. The first-order valence-corrected chi connectivity index (χ1v) is 8.44. The van der Waals surface area contributed by atoms with Gasteiger partial charge in [-0.05, 0) is 42.3 Å². The highest BCUT2D eigenvalue weighted by Gasteiger charge is 1.98. The Morgan fingerprint density at radius 2 is 1.04 bits per heavy atom. The quantitative estimate of drug-likeness (QED) is 0.401. The normalized spacial score (nSPS) is 10.5. The summed E-state index contributed by atoms with van der Waals surface area (Å²) in [6, 6.07) is 25.9. The van der Waals surface area contributed by atoms with Gasteiger partial charge < -0.3 is 18.9 Å². The minimum absolute atomic E-state index is 0.105. The zero-order valence-electron chi connectivity index (χ0n) is 14.8. The third-order valence-electron chi connectivity index (χ3n) is 3.77. The molecule has 0 aliphatic carbocycles. The summed E-state index contributed by atoms with van der Waals surface area (Å²) >= 11 is 0. The van der Waals surface area contributed by atoms with Crippen LogP contribution in [-0.2, 0) is 9.47 Å². The van der Waals surface area contributed by atoms with E-state index in [0.29, 0.717) is 0 Å². The fourth-order valence-corrected chi connectivity index (χ4v) is 2.36. The maximum Gasteiger partial charge on any atom is 0.191 e. The van der Waals surface area contributed by atoms with Gasteiger partial charge in [-0.15, -0.1) is 0 Å². The van der Waals surface area contributed by atoms with Crippen LogP contribution in [0, 0.1) is 6.92 Å². The van der Waals surface area contributed by atoms with E-state index in [0.717, 1.165) is 17.1 Å². The number of ether oxygens (including phenoxy) is 4. The largest absolute Gasteiger partial charge is 0.467 e. The molecule has 0 radical (unpaired) electrons. The first-order valence-electron chi connectivity index (χ1n) is 8.44. The standard InChI is InChI=1S/C22H22O4/c1-18-7-11-21(12-8-18)25-16-23-15-24-17-26-22-13-9-20(10-14-22)19-5-3-2-4-6-19/h2-14H,15-17H2,1H3. The number of benzene rings is 3. The van der Waals surface area contributed by atoms with Gasteiger partial charge in [0, 0.05) is 0 Å². The summed E-state index contributed by atoms with van der Waals surface area (Å²) in [6.45, 7) is 2.39. The van der Waals surface area contributed by atoms with Crippen LogP contribution in [0.3, 0.4) is 0 Å². The molecule has 26 heavy (non-hydrogen) atoms. The van der Waals surface area contributed by atoms with E-state index in [-0.39, 0.29) is 20.4 Å². The average molecular weight is 350 g/mol. The number of aryl methyl sites for hydroxylation is 1. The van der Waals surface area contributed by atoms with Crippen LogP contribution in [0.15, 0.2) is 78.9 Å². The monoisotopic (exact) mass is 350 g/mol. The van der Waals surface area contributed by atoms with Crippen LogP contribution in [-0.4, -0.2) is 20.4 Å². The third kappa shape index (κ3) is 5.62. The van der Waals surface area contributed by atoms with Gasteiger partial charge in [0.25, 0.3) is 0 Å². The Kier molecular flexibility index (Phi) is 6.65. The van der Waals surface area contributed by atoms with Crippen LogP contribution in [0.2, 0.25) is 0 Å². The van der Waals surface area contributed by atoms with E-state index in [1.807, 2.05) is 73.7 Å². The van der Waals surface area contributed by atoms with Gasteiger partial charge >= 0.3 is 0 Å². The second kappa shape index (κ2) is 9.61. The fourth-order valence-electron chi connectivity index (χ4n) is 2.36. The van der Waals surface area contributed by atoms with Crippen molar-refractivity contribution in [1.29, 1.82) is 0 Å². The molecule has 0 aromatic heterocycles. The first-order chi connectivity index (χ1) is 12.8. The van der Waals surface area contributed by atoms with Crippen LogP contribution >= 0.6 is 0 Å². The average Bonchev–Trinajstić information content (AvgIpc) is 2.70. The summed E-state index contributed by atoms with van der Waals surface area (Å²) in [5.74, 6) is 1.52. The zero-order valence-corrected chi connectivity index (χ0v) is 14.8. The van der Waals surface area contributed by atoms with Crippen LogP contribution in [0.25, 0.3) is 11.1 Å². The SMILES string of the molecule is Cc1ccc(OCOCOCOc2ccc(-c3ccccc3)cc2)cc1. The van der Waals surface area contributed by atoms with Gasteiger partial charge in [-0.3, -0.25) is 0 Å². The number of rotatable bonds is 9. The Balaban J connectivity index is 1.31. The lowest BCUT2D eigenvalue weighted by Gasteiger charge is -2.10. The molecule has 0 saturated heterocycles. The summed E-state index contributed by atoms with van der Waals surface area (Å²) in [6.07, 6.45) is 0. The van der Waals surface area contributed by atoms with Crippen molar-refractivity contribution in [3.63, 3.8) is 0 Å². The molecule has 4 heteroatoms. The van der Waals surface area contributed by atoms with E-state index in [1.54, 1.807) is 0 Å². The Labute approximate surface area is 153 Å². The molecule has 134 valence electrons. The molecular formula is C22H22O4. The summed E-state index contributed by atoms with van der Waals surface area (Å²) in [5.41, 5.74) is 3.52. The Bertz CT molecular complexity index is 768. The Hall–Kier alpha value is -2.82. The van der Waals surface area contributed by atoms with E-state index < -0.39 is 0 Å². The molecule has 0 amide bonds. The van der Waals surface area contributed by atoms with Crippen molar-refractivity contribution in [3.05, 3.63) is 84.4 Å². The van der Waals surface area contributed by atoms with Gasteiger partial charge in [-0.1, -0.05) is 60.2 Å². The zero-order chi connectivity index (χ0) is 18.0. The van der Waals surface area contributed by atoms with E-state index in [4.69, 9.17) is 18.9 Å². The van der Waals surface area contributed by atoms with Gasteiger partial charge in [-0.2, -0.15) is 0 Å². The number of hydrogen-bond acceptors (Lipinski definition) is 4. The summed E-state index contributed by atoms with van der Waals surface area (Å²) < 4.78 is 21.5. The Morgan fingerprint density at radius 3 is 1.62 bits per heavy atom. The van der Waals surface area contributed by atoms with Crippen molar-refractivity contribution in [3.8, 4) is 22.6 Å². The van der Waals surface area contributed by atoms with Crippen molar-refractivity contribution < 1.29 is 18.9 Å². The molecule has 3 aromatic carbocycles. The van der Waals surface area contributed by atoms with Crippen molar-refractivity contribution in [2.75, 3.05) is 20.4 Å². The molecule has 3 aromatic rings. The van der Waals surface area contributed by atoms with E-state index >= 15 is 0 Å². The lowest BCUT2D eigenvalue weighted by molar-refractivity contribution is -0.130. The molecular weight excluding hydrogens is 328 g/mol. The first kappa shape index (κ1) is 18.0. The minimum Gasteiger partial charge on any atom is -0.467 e. The molecule has 0 aliphatic rings. The lowest BCUT2D eigenvalue weighted by Crippen LogP contribution is -2.10. The lowest BCUT2D eigenvalue weighted by atomic mass is 10.1. The van der Waals surface area contributed by atoms with Crippen LogP contribution in [0.4, 0.5) is 0 Å². The summed E-state index contributed by atoms with van der Waals surface area (Å²) in [5, 5.41) is 0. The van der Waals surface area contributed by atoms with Crippen molar-refractivity contribution in [2.24, 2.45) is 0 Å². The molecule has 0 saturated carbocycles. The summed E-state index contributed by atoms with van der Waals surface area (Å²) in [4.78, 5) is 0. The maximum atomic E-state index is 5.53. The van der Waals surface area contributed by atoms with E-state index in [1.165, 1.54) is 11.1 Å². The second-order valence-electron chi connectivity index (χ2n) is 5.75. The molecule has 0 bridgehead atoms. The van der Waals surface area contributed by atoms with Gasteiger partial charge in [0.1, 0.15) is 11.5 Å². The third-order valence-corrected chi connectivity index (χ3v) is 3.77. The van der Waals surface area contributed by atoms with Crippen molar-refractivity contribution in [2.45, 2.75) is 6.92 Å². The van der Waals surface area contributed by atoms with Crippen molar-refractivity contribution >= 4 is 0 Å². The molecule has 4 nitrogen and oxygen atoms in total. The molecule has 0 fully saturated rings. The highest BCUT2D eigenvalue weighted by molar-refractivity contribution is 5.63. The van der Waals surface area contributed by atoms with Gasteiger partial charge in [0.2, 0.25) is 0 Å². The fraction of sp³-hybridized carbons (Fsp3) is 0.182. The van der Waals surface area contributed by atoms with Crippen molar-refractivity contribution in [1.82, 2.24) is 0 Å². The van der Waals surface area contributed by atoms with Crippen LogP contribution < -0.4 is 9.47 Å². The molecule has 0 N–H and O–H groups in total. The van der Waals surface area contributed by atoms with E-state index in [2.05, 4.69) is 12.1 Å².